The molecule has 1 N–H and O–H groups in total. The van der Waals surface area contributed by atoms with Crippen LogP contribution in [0.1, 0.15) is 45.6 Å². The second kappa shape index (κ2) is 8.02. The second-order valence-electron chi connectivity index (χ2n) is 7.13. The second-order valence-corrected chi connectivity index (χ2v) is 7.57. The number of carbonyl (C=O) groups excluding carboxylic acids is 1. The molecule has 0 bridgehead atoms. The van der Waals surface area contributed by atoms with Crippen molar-refractivity contribution in [3.8, 4) is 0 Å². The minimum Gasteiger partial charge on any atom is -0.444 e. The molecule has 1 aliphatic heterocycles. The molecule has 5 heteroatoms. The maximum absolute atomic E-state index is 11.8. The Hall–Kier alpha value is -1.26. The van der Waals surface area contributed by atoms with Gasteiger partial charge in [0.2, 0.25) is 0 Å². The van der Waals surface area contributed by atoms with Gasteiger partial charge in [-0.3, -0.25) is 4.90 Å². The summed E-state index contributed by atoms with van der Waals surface area (Å²) in [6, 6.07) is 8.32. The van der Waals surface area contributed by atoms with Gasteiger partial charge >= 0.3 is 6.09 Å². The molecular formula is C18H27ClN2O2. The Kier molecular flexibility index (Phi) is 6.31. The maximum atomic E-state index is 11.8. The van der Waals surface area contributed by atoms with Crippen LogP contribution in [0.3, 0.4) is 0 Å². The van der Waals surface area contributed by atoms with E-state index < -0.39 is 5.60 Å². The first-order chi connectivity index (χ1) is 10.8. The molecule has 0 aliphatic carbocycles. The molecule has 1 amide bonds. The molecule has 4 nitrogen and oxygen atoms in total. The number of ether oxygens (including phenoxy) is 1. The number of likely N-dealkylation sites (tertiary alicyclic amines) is 1. The van der Waals surface area contributed by atoms with Gasteiger partial charge < -0.3 is 10.1 Å². The van der Waals surface area contributed by atoms with Crippen molar-refractivity contribution in [2.24, 2.45) is 0 Å². The van der Waals surface area contributed by atoms with Crippen molar-refractivity contribution >= 4 is 17.7 Å². The van der Waals surface area contributed by atoms with Crippen LogP contribution < -0.4 is 5.32 Å². The fourth-order valence-corrected chi connectivity index (χ4v) is 3.10. The van der Waals surface area contributed by atoms with Crippen molar-refractivity contribution in [1.29, 1.82) is 0 Å². The third-order valence-corrected chi connectivity index (χ3v) is 4.14. The van der Waals surface area contributed by atoms with Gasteiger partial charge in [-0.2, -0.15) is 0 Å². The third kappa shape index (κ3) is 6.40. The summed E-state index contributed by atoms with van der Waals surface area (Å²) in [5.74, 6) is 0. The van der Waals surface area contributed by atoms with E-state index in [0.717, 1.165) is 24.5 Å². The Morgan fingerprint density at radius 3 is 2.87 bits per heavy atom. The number of hydrogen-bond acceptors (Lipinski definition) is 3. The molecule has 0 aromatic heterocycles. The number of hydrogen-bond donors (Lipinski definition) is 1. The van der Waals surface area contributed by atoms with Crippen molar-refractivity contribution in [1.82, 2.24) is 10.2 Å². The van der Waals surface area contributed by atoms with E-state index in [1.165, 1.54) is 18.4 Å². The molecule has 23 heavy (non-hydrogen) atoms. The van der Waals surface area contributed by atoms with Gasteiger partial charge in [0.25, 0.3) is 0 Å². The number of amides is 1. The summed E-state index contributed by atoms with van der Waals surface area (Å²) in [5, 5.41) is 3.67. The van der Waals surface area contributed by atoms with Gasteiger partial charge in [-0.15, -0.1) is 0 Å². The lowest BCUT2D eigenvalue weighted by Crippen LogP contribution is -2.47. The van der Waals surface area contributed by atoms with Crippen molar-refractivity contribution in [2.45, 2.75) is 58.2 Å². The van der Waals surface area contributed by atoms with Crippen molar-refractivity contribution in [3.63, 3.8) is 0 Å². The number of halogens is 1. The number of alkyl carbamates (subject to hydrolysis) is 1. The van der Waals surface area contributed by atoms with Gasteiger partial charge in [0.1, 0.15) is 5.60 Å². The van der Waals surface area contributed by atoms with E-state index in [9.17, 15) is 4.79 Å². The van der Waals surface area contributed by atoms with Crippen LogP contribution in [0.4, 0.5) is 4.79 Å². The monoisotopic (exact) mass is 338 g/mol. The highest BCUT2D eigenvalue weighted by atomic mass is 35.5. The van der Waals surface area contributed by atoms with Crippen molar-refractivity contribution < 1.29 is 9.53 Å². The van der Waals surface area contributed by atoms with E-state index in [0.29, 0.717) is 12.6 Å². The maximum Gasteiger partial charge on any atom is 0.407 e. The van der Waals surface area contributed by atoms with Gasteiger partial charge in [-0.1, -0.05) is 30.2 Å². The average Bonchev–Trinajstić information content (AvgIpc) is 2.44. The standard InChI is InChI=1S/C18H27ClN2O2/c1-18(2,3)23-17(22)20-12-16-9-4-5-10-21(16)13-14-7-6-8-15(19)11-14/h6-8,11,16H,4-5,9-10,12-13H2,1-3H3,(H,20,22). The zero-order valence-electron chi connectivity index (χ0n) is 14.3. The highest BCUT2D eigenvalue weighted by molar-refractivity contribution is 6.30. The highest BCUT2D eigenvalue weighted by Gasteiger charge is 2.24. The lowest BCUT2D eigenvalue weighted by Gasteiger charge is -2.36. The largest absolute Gasteiger partial charge is 0.444 e. The van der Waals surface area contributed by atoms with Crippen molar-refractivity contribution in [2.75, 3.05) is 13.1 Å². The van der Waals surface area contributed by atoms with Gasteiger partial charge in [0, 0.05) is 24.2 Å². The van der Waals surface area contributed by atoms with E-state index in [1.54, 1.807) is 0 Å². The fraction of sp³-hybridized carbons (Fsp3) is 0.611. The van der Waals surface area contributed by atoms with Crippen LogP contribution in [0.15, 0.2) is 24.3 Å². The van der Waals surface area contributed by atoms with Crippen LogP contribution >= 0.6 is 11.6 Å². The number of benzene rings is 1. The molecule has 1 fully saturated rings. The molecule has 1 aromatic carbocycles. The topological polar surface area (TPSA) is 41.6 Å². The lowest BCUT2D eigenvalue weighted by molar-refractivity contribution is 0.0492. The van der Waals surface area contributed by atoms with E-state index in [-0.39, 0.29) is 6.09 Å². The number of carbonyl (C=O) groups is 1. The molecule has 1 heterocycles. The predicted molar refractivity (Wildman–Crippen MR) is 93.7 cm³/mol. The smallest absolute Gasteiger partial charge is 0.407 e. The first-order valence-corrected chi connectivity index (χ1v) is 8.66. The number of nitrogens with zero attached hydrogens (tertiary/aromatic N) is 1. The Bertz CT molecular complexity index is 528. The van der Waals surface area contributed by atoms with Gasteiger partial charge in [0.05, 0.1) is 0 Å². The molecule has 1 atom stereocenters. The zero-order valence-corrected chi connectivity index (χ0v) is 15.0. The Labute approximate surface area is 144 Å². The minimum atomic E-state index is -0.461. The van der Waals surface area contributed by atoms with Gasteiger partial charge in [-0.05, 0) is 57.9 Å². The van der Waals surface area contributed by atoms with E-state index in [1.807, 2.05) is 39.0 Å². The van der Waals surface area contributed by atoms with Gasteiger partial charge in [0.15, 0.2) is 0 Å². The summed E-state index contributed by atoms with van der Waals surface area (Å²) < 4.78 is 5.31. The van der Waals surface area contributed by atoms with Crippen LogP contribution in [-0.4, -0.2) is 35.7 Å². The number of rotatable bonds is 4. The van der Waals surface area contributed by atoms with Crippen molar-refractivity contribution in [3.05, 3.63) is 34.9 Å². The Balaban J connectivity index is 1.89. The first-order valence-electron chi connectivity index (χ1n) is 8.29. The molecule has 1 unspecified atom stereocenters. The third-order valence-electron chi connectivity index (χ3n) is 3.90. The van der Waals surface area contributed by atoms with E-state index in [4.69, 9.17) is 16.3 Å². The van der Waals surface area contributed by atoms with Crippen LogP contribution in [0.2, 0.25) is 5.02 Å². The number of piperidine rings is 1. The molecule has 0 saturated carbocycles. The van der Waals surface area contributed by atoms with E-state index in [2.05, 4.69) is 16.3 Å². The Morgan fingerprint density at radius 1 is 1.39 bits per heavy atom. The molecule has 1 aliphatic rings. The number of nitrogens with one attached hydrogen (secondary N) is 1. The first kappa shape index (κ1) is 18.1. The summed E-state index contributed by atoms with van der Waals surface area (Å²) in [7, 11) is 0. The summed E-state index contributed by atoms with van der Waals surface area (Å²) in [6.07, 6.45) is 3.15. The quantitative estimate of drug-likeness (QED) is 0.893. The lowest BCUT2D eigenvalue weighted by atomic mass is 10.0. The molecule has 0 spiro atoms. The van der Waals surface area contributed by atoms with Gasteiger partial charge in [-0.25, -0.2) is 4.79 Å². The predicted octanol–water partition coefficient (Wildman–Crippen LogP) is 4.22. The SMILES string of the molecule is CC(C)(C)OC(=O)NCC1CCCCN1Cc1cccc(Cl)c1. The van der Waals surface area contributed by atoms with Crippen LogP contribution in [0, 0.1) is 0 Å². The molecule has 0 radical (unpaired) electrons. The molecule has 1 aromatic rings. The highest BCUT2D eigenvalue weighted by Crippen LogP contribution is 2.21. The summed E-state index contributed by atoms with van der Waals surface area (Å²) in [5.41, 5.74) is 0.749. The van der Waals surface area contributed by atoms with Crippen LogP contribution in [0.25, 0.3) is 0 Å². The van der Waals surface area contributed by atoms with Crippen LogP contribution in [0.5, 0.6) is 0 Å². The molecular weight excluding hydrogens is 312 g/mol. The average molecular weight is 339 g/mol. The summed E-state index contributed by atoms with van der Waals surface area (Å²) in [6.45, 7) is 8.15. The fourth-order valence-electron chi connectivity index (χ4n) is 2.88. The molecule has 2 rings (SSSR count). The van der Waals surface area contributed by atoms with E-state index >= 15 is 0 Å². The normalized spacial score (nSPS) is 19.4. The minimum absolute atomic E-state index is 0.342. The molecule has 1 saturated heterocycles. The zero-order chi connectivity index (χ0) is 16.9. The Morgan fingerprint density at radius 2 is 2.17 bits per heavy atom. The van der Waals surface area contributed by atoms with Crippen LogP contribution in [-0.2, 0) is 11.3 Å². The molecule has 128 valence electrons. The summed E-state index contributed by atoms with van der Waals surface area (Å²) >= 11 is 6.07. The summed E-state index contributed by atoms with van der Waals surface area (Å²) in [4.78, 5) is 14.3.